The van der Waals surface area contributed by atoms with Crippen molar-refractivity contribution in [3.8, 4) is 5.75 Å². The van der Waals surface area contributed by atoms with Crippen molar-refractivity contribution in [2.24, 2.45) is 0 Å². The Morgan fingerprint density at radius 3 is 2.32 bits per heavy atom. The van der Waals surface area contributed by atoms with Crippen LogP contribution in [-0.2, 0) is 0 Å². The van der Waals surface area contributed by atoms with E-state index in [1.165, 1.54) is 6.33 Å². The number of hydrogen-bond donors (Lipinski definition) is 1. The number of ether oxygens (including phenoxy) is 1. The van der Waals surface area contributed by atoms with E-state index in [1.54, 1.807) is 7.11 Å². The lowest BCUT2D eigenvalue weighted by Crippen LogP contribution is -2.47. The Balaban J connectivity index is 1.54. The predicted molar refractivity (Wildman–Crippen MR) is 121 cm³/mol. The van der Waals surface area contributed by atoms with E-state index in [0.717, 1.165) is 35.8 Å². The van der Waals surface area contributed by atoms with E-state index >= 15 is 0 Å². The van der Waals surface area contributed by atoms with E-state index in [-0.39, 0.29) is 11.5 Å². The molecule has 1 N–H and O–H groups in total. The molecule has 4 rings (SSSR count). The SMILES string of the molecule is COc1ccc(N2CCN(c3ncnc(Nc4ccccc4C)c3[N+](=O)[O-])CC2)cc1. The minimum absolute atomic E-state index is 0.108. The molecule has 1 aromatic heterocycles. The van der Waals surface area contributed by atoms with Crippen LogP contribution in [0.25, 0.3) is 0 Å². The summed E-state index contributed by atoms with van der Waals surface area (Å²) in [5.41, 5.74) is 2.74. The van der Waals surface area contributed by atoms with Gasteiger partial charge in [0.05, 0.1) is 12.0 Å². The van der Waals surface area contributed by atoms with E-state index in [4.69, 9.17) is 4.74 Å². The van der Waals surface area contributed by atoms with Gasteiger partial charge in [-0.3, -0.25) is 10.1 Å². The zero-order valence-electron chi connectivity index (χ0n) is 17.5. The van der Waals surface area contributed by atoms with Gasteiger partial charge in [0, 0.05) is 37.6 Å². The molecule has 0 amide bonds. The highest BCUT2D eigenvalue weighted by atomic mass is 16.6. The molecule has 0 atom stereocenters. The third-order valence-electron chi connectivity index (χ3n) is 5.40. The van der Waals surface area contributed by atoms with Gasteiger partial charge in [0.2, 0.25) is 11.6 Å². The molecule has 2 heterocycles. The molecule has 1 aliphatic heterocycles. The van der Waals surface area contributed by atoms with Crippen molar-refractivity contribution >= 4 is 28.7 Å². The minimum atomic E-state index is -0.411. The monoisotopic (exact) mass is 420 g/mol. The van der Waals surface area contributed by atoms with Crippen molar-refractivity contribution in [2.75, 3.05) is 48.4 Å². The van der Waals surface area contributed by atoms with Crippen LogP contribution in [0, 0.1) is 17.0 Å². The summed E-state index contributed by atoms with van der Waals surface area (Å²) in [7, 11) is 1.64. The Labute approximate surface area is 180 Å². The third-order valence-corrected chi connectivity index (χ3v) is 5.40. The molecule has 9 nitrogen and oxygen atoms in total. The number of anilines is 4. The van der Waals surface area contributed by atoms with E-state index in [2.05, 4.69) is 20.2 Å². The summed E-state index contributed by atoms with van der Waals surface area (Å²) in [5.74, 6) is 1.35. The number of hydrogen-bond acceptors (Lipinski definition) is 8. The van der Waals surface area contributed by atoms with Crippen LogP contribution in [0.4, 0.5) is 28.7 Å². The minimum Gasteiger partial charge on any atom is -0.497 e. The predicted octanol–water partition coefficient (Wildman–Crippen LogP) is 3.77. The van der Waals surface area contributed by atoms with Gasteiger partial charge in [-0.25, -0.2) is 9.97 Å². The number of nitrogens with one attached hydrogen (secondary N) is 1. The van der Waals surface area contributed by atoms with E-state index in [0.29, 0.717) is 18.9 Å². The highest BCUT2D eigenvalue weighted by Gasteiger charge is 2.29. The van der Waals surface area contributed by atoms with Crippen LogP contribution in [-0.4, -0.2) is 48.2 Å². The second-order valence-electron chi connectivity index (χ2n) is 7.26. The van der Waals surface area contributed by atoms with Crippen LogP contribution in [0.1, 0.15) is 5.56 Å². The normalized spacial score (nSPS) is 13.7. The maximum absolute atomic E-state index is 11.9. The fourth-order valence-corrected chi connectivity index (χ4v) is 3.67. The van der Waals surface area contributed by atoms with E-state index in [9.17, 15) is 10.1 Å². The molecule has 9 heteroatoms. The Kier molecular flexibility index (Phi) is 5.83. The zero-order valence-corrected chi connectivity index (χ0v) is 17.5. The van der Waals surface area contributed by atoms with Gasteiger partial charge in [0.1, 0.15) is 12.1 Å². The summed E-state index contributed by atoms with van der Waals surface area (Å²) in [5, 5.41) is 15.0. The van der Waals surface area contributed by atoms with Gasteiger partial charge in [-0.15, -0.1) is 0 Å². The van der Waals surface area contributed by atoms with Gasteiger partial charge in [-0.05, 0) is 42.8 Å². The second kappa shape index (κ2) is 8.86. The first kappa shape index (κ1) is 20.4. The number of rotatable bonds is 6. The smallest absolute Gasteiger partial charge is 0.353 e. The largest absolute Gasteiger partial charge is 0.497 e. The molecule has 0 aliphatic carbocycles. The molecular formula is C22H24N6O3. The molecule has 0 radical (unpaired) electrons. The number of piperazine rings is 1. The first-order valence-corrected chi connectivity index (χ1v) is 10.0. The molecule has 1 aliphatic rings. The molecule has 31 heavy (non-hydrogen) atoms. The molecule has 0 saturated carbocycles. The van der Waals surface area contributed by atoms with Crippen LogP contribution in [0.15, 0.2) is 54.9 Å². The van der Waals surface area contributed by atoms with Crippen LogP contribution in [0.2, 0.25) is 0 Å². The lowest BCUT2D eigenvalue weighted by atomic mass is 10.2. The highest BCUT2D eigenvalue weighted by Crippen LogP contribution is 2.35. The maximum atomic E-state index is 11.9. The molecule has 0 spiro atoms. The average molecular weight is 420 g/mol. The molecule has 160 valence electrons. The molecule has 0 unspecified atom stereocenters. The van der Waals surface area contributed by atoms with Gasteiger partial charge in [-0.2, -0.15) is 0 Å². The third kappa shape index (κ3) is 4.35. The fraction of sp³-hybridized carbons (Fsp3) is 0.273. The second-order valence-corrected chi connectivity index (χ2v) is 7.26. The van der Waals surface area contributed by atoms with Crippen LogP contribution in [0.5, 0.6) is 5.75 Å². The topological polar surface area (TPSA) is 96.7 Å². The molecule has 1 fully saturated rings. The van der Waals surface area contributed by atoms with Crippen LogP contribution < -0.4 is 19.9 Å². The van der Waals surface area contributed by atoms with Gasteiger partial charge in [0.25, 0.3) is 0 Å². The fourth-order valence-electron chi connectivity index (χ4n) is 3.67. The van der Waals surface area contributed by atoms with Crippen LogP contribution >= 0.6 is 0 Å². The number of methoxy groups -OCH3 is 1. The molecule has 0 bridgehead atoms. The Hall–Kier alpha value is -3.88. The van der Waals surface area contributed by atoms with Crippen molar-refractivity contribution in [2.45, 2.75) is 6.92 Å². The highest BCUT2D eigenvalue weighted by molar-refractivity contribution is 5.75. The Bertz CT molecular complexity index is 1070. The summed E-state index contributed by atoms with van der Waals surface area (Å²) in [6.07, 6.45) is 1.37. The van der Waals surface area contributed by atoms with E-state index < -0.39 is 4.92 Å². The number of para-hydroxylation sites is 1. The summed E-state index contributed by atoms with van der Waals surface area (Å²) in [6.45, 7) is 4.64. The number of aromatic nitrogens is 2. The molecular weight excluding hydrogens is 396 g/mol. The first-order chi connectivity index (χ1) is 15.1. The summed E-state index contributed by atoms with van der Waals surface area (Å²) in [4.78, 5) is 24.1. The number of nitrogens with zero attached hydrogens (tertiary/aromatic N) is 5. The number of aryl methyl sites for hydroxylation is 1. The van der Waals surface area contributed by atoms with Gasteiger partial charge in [-0.1, -0.05) is 18.2 Å². The zero-order chi connectivity index (χ0) is 21.8. The lowest BCUT2D eigenvalue weighted by molar-refractivity contribution is -0.383. The van der Waals surface area contributed by atoms with Gasteiger partial charge >= 0.3 is 5.69 Å². The summed E-state index contributed by atoms with van der Waals surface area (Å²) >= 11 is 0. The maximum Gasteiger partial charge on any atom is 0.353 e. The van der Waals surface area contributed by atoms with Crippen molar-refractivity contribution in [1.82, 2.24) is 9.97 Å². The van der Waals surface area contributed by atoms with Crippen molar-refractivity contribution in [3.05, 3.63) is 70.5 Å². The summed E-state index contributed by atoms with van der Waals surface area (Å²) in [6, 6.07) is 15.5. The lowest BCUT2D eigenvalue weighted by Gasteiger charge is -2.36. The van der Waals surface area contributed by atoms with E-state index in [1.807, 2.05) is 60.4 Å². The quantitative estimate of drug-likeness (QED) is 0.475. The van der Waals surface area contributed by atoms with Gasteiger partial charge in [0.15, 0.2) is 0 Å². The van der Waals surface area contributed by atoms with Gasteiger partial charge < -0.3 is 19.9 Å². The molecule has 3 aromatic rings. The van der Waals surface area contributed by atoms with Crippen molar-refractivity contribution in [3.63, 3.8) is 0 Å². The number of benzene rings is 2. The number of nitro groups is 1. The van der Waals surface area contributed by atoms with Crippen molar-refractivity contribution in [1.29, 1.82) is 0 Å². The Morgan fingerprint density at radius 1 is 1.00 bits per heavy atom. The van der Waals surface area contributed by atoms with Crippen molar-refractivity contribution < 1.29 is 9.66 Å². The molecule has 1 saturated heterocycles. The first-order valence-electron chi connectivity index (χ1n) is 10.0. The standard InChI is InChI=1S/C22H24N6O3/c1-16-5-3-4-6-19(16)25-21-20(28(29)30)22(24-15-23-21)27-13-11-26(12-14-27)17-7-9-18(31-2)10-8-17/h3-10,15H,11-14H2,1-2H3,(H,23,24,25). The average Bonchev–Trinajstić information content (AvgIpc) is 2.80. The summed E-state index contributed by atoms with van der Waals surface area (Å²) < 4.78 is 5.22. The molecule has 2 aromatic carbocycles. The Morgan fingerprint density at radius 2 is 1.68 bits per heavy atom. The van der Waals surface area contributed by atoms with Crippen LogP contribution in [0.3, 0.4) is 0 Å².